The molecule has 0 spiro atoms. The van der Waals surface area contributed by atoms with Gasteiger partial charge in [-0.3, -0.25) is 4.98 Å². The largest absolute Gasteiger partial charge is 0.507 e. The average Bonchev–Trinajstić information content (AvgIpc) is 3.19. The summed E-state index contributed by atoms with van der Waals surface area (Å²) >= 11 is 0. The van der Waals surface area contributed by atoms with Gasteiger partial charge in [0.05, 0.1) is 11.2 Å². The molecular weight excluding hydrogens is 326 g/mol. The van der Waals surface area contributed by atoms with Gasteiger partial charge in [0.2, 0.25) is 0 Å². The Bertz CT molecular complexity index is 944. The van der Waals surface area contributed by atoms with Gasteiger partial charge >= 0.3 is 0 Å². The fourth-order valence-electron chi connectivity index (χ4n) is 4.37. The average molecular weight is 347 g/mol. The van der Waals surface area contributed by atoms with Crippen LogP contribution in [0.5, 0.6) is 5.75 Å². The molecule has 0 aliphatic carbocycles. The first kappa shape index (κ1) is 15.5. The summed E-state index contributed by atoms with van der Waals surface area (Å²) < 4.78 is 0. The Labute approximate surface area is 152 Å². The monoisotopic (exact) mass is 347 g/mol. The maximum atomic E-state index is 10.4. The van der Waals surface area contributed by atoms with E-state index >= 15 is 0 Å². The molecule has 0 saturated carbocycles. The number of anilines is 1. The molecule has 3 aromatic rings. The topological polar surface area (TPSA) is 65.4 Å². The number of nitrogens with zero attached hydrogens (tertiary/aromatic N) is 5. The maximum Gasteiger partial charge on any atom is 0.151 e. The fraction of sp³-hybridized carbons (Fsp3) is 0.350. The second kappa shape index (κ2) is 5.92. The van der Waals surface area contributed by atoms with Crippen molar-refractivity contribution < 1.29 is 5.11 Å². The van der Waals surface area contributed by atoms with Crippen molar-refractivity contribution in [3.8, 4) is 17.0 Å². The van der Waals surface area contributed by atoms with Crippen LogP contribution < -0.4 is 4.90 Å². The first-order valence-electron chi connectivity index (χ1n) is 9.03. The molecule has 4 heterocycles. The van der Waals surface area contributed by atoms with Crippen molar-refractivity contribution in [2.75, 3.05) is 38.1 Å². The number of fused-ring (bicyclic) bond motifs is 2. The quantitative estimate of drug-likeness (QED) is 0.768. The van der Waals surface area contributed by atoms with Crippen LogP contribution >= 0.6 is 0 Å². The van der Waals surface area contributed by atoms with E-state index in [1.807, 2.05) is 30.3 Å². The molecule has 6 heteroatoms. The zero-order chi connectivity index (χ0) is 17.7. The maximum absolute atomic E-state index is 10.4. The van der Waals surface area contributed by atoms with Gasteiger partial charge in [-0.1, -0.05) is 6.07 Å². The van der Waals surface area contributed by atoms with Crippen molar-refractivity contribution in [3.05, 3.63) is 42.6 Å². The molecule has 0 amide bonds. The molecule has 2 aliphatic heterocycles. The Kier molecular flexibility index (Phi) is 3.53. The summed E-state index contributed by atoms with van der Waals surface area (Å²) in [7, 11) is 2.20. The van der Waals surface area contributed by atoms with Crippen molar-refractivity contribution in [1.82, 2.24) is 20.1 Å². The molecule has 6 nitrogen and oxygen atoms in total. The molecule has 5 rings (SSSR count). The minimum Gasteiger partial charge on any atom is -0.507 e. The van der Waals surface area contributed by atoms with Gasteiger partial charge < -0.3 is 14.9 Å². The van der Waals surface area contributed by atoms with Crippen LogP contribution in [0.25, 0.3) is 22.2 Å². The van der Waals surface area contributed by atoms with E-state index < -0.39 is 0 Å². The van der Waals surface area contributed by atoms with Crippen LogP contribution in [0.4, 0.5) is 5.82 Å². The Morgan fingerprint density at radius 3 is 2.54 bits per heavy atom. The number of aromatic nitrogens is 3. The highest BCUT2D eigenvalue weighted by Gasteiger charge is 2.39. The highest BCUT2D eigenvalue weighted by molar-refractivity contribution is 5.87. The number of benzene rings is 1. The molecule has 2 fully saturated rings. The van der Waals surface area contributed by atoms with E-state index in [-0.39, 0.29) is 5.75 Å². The van der Waals surface area contributed by atoms with Gasteiger partial charge in [-0.05, 0) is 43.1 Å². The van der Waals surface area contributed by atoms with Gasteiger partial charge in [-0.25, -0.2) is 0 Å². The van der Waals surface area contributed by atoms with E-state index in [1.54, 1.807) is 12.3 Å². The molecule has 2 aromatic heterocycles. The Hall–Kier alpha value is -2.73. The first-order valence-corrected chi connectivity index (χ1v) is 9.03. The van der Waals surface area contributed by atoms with Gasteiger partial charge in [0.15, 0.2) is 5.82 Å². The van der Waals surface area contributed by atoms with E-state index in [0.29, 0.717) is 11.3 Å². The van der Waals surface area contributed by atoms with Crippen LogP contribution in [-0.2, 0) is 0 Å². The highest BCUT2D eigenvalue weighted by atomic mass is 16.3. The molecular formula is C20H21N5O. The Balaban J connectivity index is 1.41. The van der Waals surface area contributed by atoms with Crippen LogP contribution in [0.15, 0.2) is 42.6 Å². The van der Waals surface area contributed by atoms with Crippen LogP contribution in [0, 0.1) is 11.8 Å². The summed E-state index contributed by atoms with van der Waals surface area (Å²) in [6, 6.07) is 11.4. The summed E-state index contributed by atoms with van der Waals surface area (Å²) in [5, 5.41) is 20.2. The van der Waals surface area contributed by atoms with Crippen molar-refractivity contribution in [2.24, 2.45) is 11.8 Å². The second-order valence-electron chi connectivity index (χ2n) is 7.49. The number of hydrogen-bond donors (Lipinski definition) is 1. The zero-order valence-corrected chi connectivity index (χ0v) is 14.7. The van der Waals surface area contributed by atoms with Crippen LogP contribution in [0.3, 0.4) is 0 Å². The molecule has 0 radical (unpaired) electrons. The lowest BCUT2D eigenvalue weighted by atomic mass is 10.0. The fourth-order valence-corrected chi connectivity index (χ4v) is 4.37. The molecule has 2 saturated heterocycles. The summed E-state index contributed by atoms with van der Waals surface area (Å²) in [4.78, 5) is 9.02. The molecule has 2 unspecified atom stereocenters. The number of phenolic OH excluding ortho intramolecular Hbond substituents is 1. The highest BCUT2D eigenvalue weighted by Crippen LogP contribution is 2.34. The number of hydrogen-bond acceptors (Lipinski definition) is 6. The Morgan fingerprint density at radius 1 is 1.00 bits per heavy atom. The van der Waals surface area contributed by atoms with Crippen LogP contribution in [0.1, 0.15) is 0 Å². The third kappa shape index (κ3) is 2.57. The van der Waals surface area contributed by atoms with E-state index in [2.05, 4.69) is 32.0 Å². The van der Waals surface area contributed by atoms with Crippen molar-refractivity contribution in [2.45, 2.75) is 0 Å². The van der Waals surface area contributed by atoms with Crippen molar-refractivity contribution in [3.63, 3.8) is 0 Å². The summed E-state index contributed by atoms with van der Waals surface area (Å²) in [6.45, 7) is 4.45. The predicted molar refractivity (Wildman–Crippen MR) is 101 cm³/mol. The van der Waals surface area contributed by atoms with Gasteiger partial charge in [-0.15, -0.1) is 10.2 Å². The SMILES string of the molecule is CN1CC2CN(c3ccc(-c4cc5cccnc5cc4O)nn3)CC2C1. The molecule has 2 aliphatic rings. The molecule has 132 valence electrons. The number of phenols is 1. The predicted octanol–water partition coefficient (Wildman–Crippen LogP) is 2.40. The first-order chi connectivity index (χ1) is 12.7. The number of likely N-dealkylation sites (tertiary alicyclic amines) is 1. The van der Waals surface area contributed by atoms with Gasteiger partial charge in [0.1, 0.15) is 5.75 Å². The van der Waals surface area contributed by atoms with E-state index in [9.17, 15) is 5.11 Å². The van der Waals surface area contributed by atoms with Gasteiger partial charge in [0, 0.05) is 49.4 Å². The molecule has 1 aromatic carbocycles. The van der Waals surface area contributed by atoms with Gasteiger partial charge in [0.25, 0.3) is 0 Å². The lowest BCUT2D eigenvalue weighted by Gasteiger charge is -2.19. The molecule has 2 atom stereocenters. The summed E-state index contributed by atoms with van der Waals surface area (Å²) in [5.74, 6) is 2.57. The zero-order valence-electron chi connectivity index (χ0n) is 14.7. The Morgan fingerprint density at radius 2 is 1.81 bits per heavy atom. The lowest BCUT2D eigenvalue weighted by molar-refractivity contribution is 0.387. The third-order valence-electron chi connectivity index (χ3n) is 5.64. The van der Waals surface area contributed by atoms with E-state index in [4.69, 9.17) is 0 Å². The van der Waals surface area contributed by atoms with E-state index in [0.717, 1.165) is 41.6 Å². The number of aromatic hydroxyl groups is 1. The molecule has 0 bridgehead atoms. The van der Waals surface area contributed by atoms with Crippen molar-refractivity contribution >= 4 is 16.7 Å². The molecule has 1 N–H and O–H groups in total. The van der Waals surface area contributed by atoms with Gasteiger partial charge in [-0.2, -0.15) is 0 Å². The van der Waals surface area contributed by atoms with Crippen LogP contribution in [-0.4, -0.2) is 58.4 Å². The number of rotatable bonds is 2. The second-order valence-corrected chi connectivity index (χ2v) is 7.49. The third-order valence-corrected chi connectivity index (χ3v) is 5.64. The van der Waals surface area contributed by atoms with E-state index in [1.165, 1.54) is 13.1 Å². The lowest BCUT2D eigenvalue weighted by Crippen LogP contribution is -2.27. The molecule has 26 heavy (non-hydrogen) atoms. The van der Waals surface area contributed by atoms with Crippen molar-refractivity contribution in [1.29, 1.82) is 0 Å². The minimum absolute atomic E-state index is 0.178. The normalized spacial score (nSPS) is 22.9. The van der Waals surface area contributed by atoms with Crippen LogP contribution in [0.2, 0.25) is 0 Å². The summed E-state index contributed by atoms with van der Waals surface area (Å²) in [5.41, 5.74) is 2.13. The number of pyridine rings is 1. The minimum atomic E-state index is 0.178. The standard InChI is InChI=1S/C20H21N5O/c1-24-9-14-11-25(12-15(14)10-24)20-5-4-17(22-23-20)16-7-13-3-2-6-21-18(13)8-19(16)26/h2-8,14-15,26H,9-12H2,1H3. The summed E-state index contributed by atoms with van der Waals surface area (Å²) in [6.07, 6.45) is 1.72. The smallest absolute Gasteiger partial charge is 0.151 e.